The van der Waals surface area contributed by atoms with E-state index in [1.54, 1.807) is 0 Å². The molecule has 1 amide bonds. The Hall–Kier alpha value is -1.02. The minimum atomic E-state index is -0.348. The average Bonchev–Trinajstić information content (AvgIpc) is 2.37. The molecular weight excluding hydrogens is 222 g/mol. The van der Waals surface area contributed by atoms with Crippen LogP contribution < -0.4 is 5.32 Å². The lowest BCUT2D eigenvalue weighted by atomic mass is 9.81. The minimum absolute atomic E-state index is 0.0925. The number of hydrogen-bond acceptors (Lipinski definition) is 1. The Morgan fingerprint density at radius 1 is 1.25 bits per heavy atom. The van der Waals surface area contributed by atoms with E-state index in [2.05, 4.69) is 5.32 Å². The van der Waals surface area contributed by atoms with Crippen molar-refractivity contribution in [3.8, 4) is 0 Å². The van der Waals surface area contributed by atoms with Gasteiger partial charge in [-0.25, -0.2) is 0 Å². The van der Waals surface area contributed by atoms with E-state index in [-0.39, 0.29) is 16.9 Å². The third kappa shape index (κ3) is 1.71. The van der Waals surface area contributed by atoms with Crippen molar-refractivity contribution in [1.29, 1.82) is 0 Å². The zero-order valence-electron chi connectivity index (χ0n) is 9.80. The summed E-state index contributed by atoms with van der Waals surface area (Å²) >= 11 is 6.18. The monoisotopic (exact) mass is 237 g/mol. The van der Waals surface area contributed by atoms with Gasteiger partial charge in [-0.2, -0.15) is 0 Å². The van der Waals surface area contributed by atoms with E-state index in [0.717, 1.165) is 12.0 Å². The van der Waals surface area contributed by atoms with Crippen molar-refractivity contribution in [1.82, 2.24) is 5.32 Å². The van der Waals surface area contributed by atoms with Crippen LogP contribution in [0.1, 0.15) is 32.8 Å². The number of halogens is 1. The van der Waals surface area contributed by atoms with E-state index in [1.165, 1.54) is 0 Å². The molecule has 2 rings (SSSR count). The second kappa shape index (κ2) is 3.49. The molecule has 1 aromatic carbocycles. The summed E-state index contributed by atoms with van der Waals surface area (Å²) in [6.45, 7) is 5.95. The highest BCUT2D eigenvalue weighted by atomic mass is 35.5. The molecule has 1 aliphatic rings. The molecule has 0 spiro atoms. The van der Waals surface area contributed by atoms with Crippen LogP contribution in [0.15, 0.2) is 24.3 Å². The zero-order chi connectivity index (χ0) is 12.0. The molecule has 0 aromatic heterocycles. The van der Waals surface area contributed by atoms with Crippen LogP contribution in [0.2, 0.25) is 5.02 Å². The number of rotatable bonds is 1. The second-order valence-corrected chi connectivity index (χ2v) is 5.73. The molecule has 1 aliphatic heterocycles. The Labute approximate surface area is 101 Å². The number of amides is 1. The van der Waals surface area contributed by atoms with Crippen LogP contribution in [0.3, 0.4) is 0 Å². The molecule has 1 unspecified atom stereocenters. The number of nitrogens with one attached hydrogen (secondary N) is 1. The number of carbonyl (C=O) groups is 1. The number of carbonyl (C=O) groups excluding carboxylic acids is 1. The van der Waals surface area contributed by atoms with Gasteiger partial charge in [0.05, 0.1) is 5.54 Å². The Balaban J connectivity index is 2.43. The molecular formula is C13H16ClNO. The first-order valence-corrected chi connectivity index (χ1v) is 5.81. The summed E-state index contributed by atoms with van der Waals surface area (Å²) in [6.07, 6.45) is 0.766. The van der Waals surface area contributed by atoms with E-state index in [9.17, 15) is 4.79 Å². The zero-order valence-corrected chi connectivity index (χ0v) is 10.6. The van der Waals surface area contributed by atoms with Crippen LogP contribution in [0.25, 0.3) is 0 Å². The van der Waals surface area contributed by atoms with Crippen LogP contribution in [0, 0.1) is 5.41 Å². The predicted octanol–water partition coefficient (Wildman–Crippen LogP) is 3.10. The SMILES string of the molecule is CC1(C)CC(C)(c2ccccc2Cl)NC1=O. The molecule has 0 radical (unpaired) electrons. The van der Waals surface area contributed by atoms with Gasteiger partial charge in [0.25, 0.3) is 0 Å². The molecule has 1 fully saturated rings. The Bertz CT molecular complexity index is 441. The fourth-order valence-electron chi connectivity index (χ4n) is 2.50. The van der Waals surface area contributed by atoms with Crippen LogP contribution in [-0.2, 0) is 10.3 Å². The van der Waals surface area contributed by atoms with Gasteiger partial charge in [0.15, 0.2) is 0 Å². The molecule has 0 saturated carbocycles. The maximum Gasteiger partial charge on any atom is 0.226 e. The molecule has 1 saturated heterocycles. The first-order valence-electron chi connectivity index (χ1n) is 5.43. The smallest absolute Gasteiger partial charge is 0.226 e. The van der Waals surface area contributed by atoms with E-state index < -0.39 is 0 Å². The topological polar surface area (TPSA) is 29.1 Å². The summed E-state index contributed by atoms with van der Waals surface area (Å²) in [5.74, 6) is 0.0925. The van der Waals surface area contributed by atoms with Crippen LogP contribution >= 0.6 is 11.6 Å². The van der Waals surface area contributed by atoms with Crippen molar-refractivity contribution in [2.45, 2.75) is 32.7 Å². The van der Waals surface area contributed by atoms with Gasteiger partial charge in [0, 0.05) is 10.4 Å². The summed E-state index contributed by atoms with van der Waals surface area (Å²) in [7, 11) is 0. The molecule has 0 aliphatic carbocycles. The van der Waals surface area contributed by atoms with Gasteiger partial charge in [-0.05, 0) is 25.0 Å². The quantitative estimate of drug-likeness (QED) is 0.799. The third-order valence-corrected chi connectivity index (χ3v) is 3.60. The first-order chi connectivity index (χ1) is 7.35. The van der Waals surface area contributed by atoms with Crippen LogP contribution in [0.4, 0.5) is 0 Å². The fourth-order valence-corrected chi connectivity index (χ4v) is 2.84. The van der Waals surface area contributed by atoms with Gasteiger partial charge >= 0.3 is 0 Å². The first kappa shape index (κ1) is 11.5. The van der Waals surface area contributed by atoms with Gasteiger partial charge in [0.2, 0.25) is 5.91 Å². The summed E-state index contributed by atoms with van der Waals surface area (Å²) in [4.78, 5) is 11.8. The second-order valence-electron chi connectivity index (χ2n) is 5.33. The third-order valence-electron chi connectivity index (χ3n) is 3.27. The lowest BCUT2D eigenvalue weighted by Gasteiger charge is -2.26. The molecule has 16 heavy (non-hydrogen) atoms. The van der Waals surface area contributed by atoms with Crippen molar-refractivity contribution >= 4 is 17.5 Å². The molecule has 1 heterocycles. The highest BCUT2D eigenvalue weighted by Gasteiger charge is 2.47. The van der Waals surface area contributed by atoms with Gasteiger partial charge in [0.1, 0.15) is 0 Å². The highest BCUT2D eigenvalue weighted by molar-refractivity contribution is 6.31. The lowest BCUT2D eigenvalue weighted by Crippen LogP contribution is -2.36. The molecule has 86 valence electrons. The number of hydrogen-bond donors (Lipinski definition) is 1. The van der Waals surface area contributed by atoms with E-state index >= 15 is 0 Å². The Morgan fingerprint density at radius 3 is 2.38 bits per heavy atom. The highest BCUT2D eigenvalue weighted by Crippen LogP contribution is 2.43. The van der Waals surface area contributed by atoms with Crippen LogP contribution in [0.5, 0.6) is 0 Å². The average molecular weight is 238 g/mol. The van der Waals surface area contributed by atoms with Crippen molar-refractivity contribution < 1.29 is 4.79 Å². The van der Waals surface area contributed by atoms with Crippen LogP contribution in [-0.4, -0.2) is 5.91 Å². The fraction of sp³-hybridized carbons (Fsp3) is 0.462. The van der Waals surface area contributed by atoms with E-state index in [0.29, 0.717) is 5.02 Å². The van der Waals surface area contributed by atoms with E-state index in [4.69, 9.17) is 11.6 Å². The molecule has 1 aromatic rings. The molecule has 1 atom stereocenters. The Kier molecular flexibility index (Phi) is 2.50. The molecule has 3 heteroatoms. The van der Waals surface area contributed by atoms with Crippen molar-refractivity contribution in [2.75, 3.05) is 0 Å². The minimum Gasteiger partial charge on any atom is -0.346 e. The lowest BCUT2D eigenvalue weighted by molar-refractivity contribution is -0.126. The normalized spacial score (nSPS) is 27.9. The predicted molar refractivity (Wildman–Crippen MR) is 65.3 cm³/mol. The van der Waals surface area contributed by atoms with Gasteiger partial charge in [-0.15, -0.1) is 0 Å². The molecule has 2 nitrogen and oxygen atoms in total. The van der Waals surface area contributed by atoms with Gasteiger partial charge in [-0.3, -0.25) is 4.79 Å². The van der Waals surface area contributed by atoms with Crippen molar-refractivity contribution in [3.63, 3.8) is 0 Å². The number of benzene rings is 1. The summed E-state index contributed by atoms with van der Waals surface area (Å²) in [5, 5.41) is 3.77. The summed E-state index contributed by atoms with van der Waals surface area (Å²) in [5.41, 5.74) is 0.322. The molecule has 0 bridgehead atoms. The molecule has 1 N–H and O–H groups in total. The largest absolute Gasteiger partial charge is 0.346 e. The van der Waals surface area contributed by atoms with Gasteiger partial charge < -0.3 is 5.32 Å². The maximum atomic E-state index is 11.8. The standard InChI is InChI=1S/C13H16ClNO/c1-12(2)8-13(3,15-11(12)16)9-6-4-5-7-10(9)14/h4-7H,8H2,1-3H3,(H,15,16). The summed E-state index contributed by atoms with van der Waals surface area (Å²) in [6, 6.07) is 7.69. The van der Waals surface area contributed by atoms with Gasteiger partial charge in [-0.1, -0.05) is 43.6 Å². The Morgan fingerprint density at radius 2 is 1.88 bits per heavy atom. The van der Waals surface area contributed by atoms with Crippen molar-refractivity contribution in [3.05, 3.63) is 34.9 Å². The van der Waals surface area contributed by atoms with E-state index in [1.807, 2.05) is 45.0 Å². The summed E-state index contributed by atoms with van der Waals surface area (Å²) < 4.78 is 0. The maximum absolute atomic E-state index is 11.8. The van der Waals surface area contributed by atoms with Crippen molar-refractivity contribution in [2.24, 2.45) is 5.41 Å².